The molecule has 6 heteroatoms. The van der Waals surface area contributed by atoms with Gasteiger partial charge in [-0.2, -0.15) is 0 Å². The first-order valence-electron chi connectivity index (χ1n) is 7.95. The van der Waals surface area contributed by atoms with Gasteiger partial charge in [-0.05, 0) is 25.0 Å². The van der Waals surface area contributed by atoms with Gasteiger partial charge in [-0.1, -0.05) is 18.2 Å². The molecular weight excluding hydrogens is 308 g/mol. The van der Waals surface area contributed by atoms with Crippen molar-refractivity contribution < 1.29 is 19.1 Å². The Morgan fingerprint density at radius 3 is 2.58 bits per heavy atom. The van der Waals surface area contributed by atoms with Crippen molar-refractivity contribution in [1.29, 1.82) is 0 Å². The van der Waals surface area contributed by atoms with Gasteiger partial charge in [-0.3, -0.25) is 19.3 Å². The lowest BCUT2D eigenvalue weighted by molar-refractivity contribution is -0.138. The van der Waals surface area contributed by atoms with Gasteiger partial charge in [0.25, 0.3) is 0 Å². The number of benzene rings is 1. The van der Waals surface area contributed by atoms with Gasteiger partial charge < -0.3 is 10.1 Å². The molecule has 0 bridgehead atoms. The molecule has 0 radical (unpaired) electrons. The van der Waals surface area contributed by atoms with Crippen LogP contribution in [0.1, 0.15) is 31.7 Å². The number of hydrogen-bond donors (Lipinski definition) is 1. The Morgan fingerprint density at radius 2 is 1.92 bits per heavy atom. The smallest absolute Gasteiger partial charge is 0.244 e. The van der Waals surface area contributed by atoms with Crippen LogP contribution in [-0.2, 0) is 14.4 Å². The van der Waals surface area contributed by atoms with Crippen LogP contribution in [0.2, 0.25) is 0 Å². The van der Waals surface area contributed by atoms with Gasteiger partial charge in [-0.25, -0.2) is 0 Å². The summed E-state index contributed by atoms with van der Waals surface area (Å²) in [6.45, 7) is 2.61. The Hall–Kier alpha value is -2.63. The lowest BCUT2D eigenvalue weighted by Gasteiger charge is -2.13. The van der Waals surface area contributed by atoms with Crippen molar-refractivity contribution in [3.8, 4) is 5.75 Å². The average Bonchev–Trinajstić information content (AvgIpc) is 2.90. The van der Waals surface area contributed by atoms with Gasteiger partial charge in [-0.15, -0.1) is 0 Å². The number of carbonyl (C=O) groups is 3. The van der Waals surface area contributed by atoms with E-state index in [0.717, 1.165) is 11.1 Å². The number of imide groups is 1. The number of para-hydroxylation sites is 1. The average molecular weight is 330 g/mol. The molecule has 0 atom stereocenters. The number of nitrogens with zero attached hydrogens (tertiary/aromatic N) is 1. The van der Waals surface area contributed by atoms with E-state index in [0.29, 0.717) is 38.1 Å². The van der Waals surface area contributed by atoms with Crippen molar-refractivity contribution in [1.82, 2.24) is 10.2 Å². The summed E-state index contributed by atoms with van der Waals surface area (Å²) in [6, 6.07) is 7.49. The molecule has 0 aliphatic carbocycles. The fourth-order valence-corrected chi connectivity index (χ4v) is 2.62. The van der Waals surface area contributed by atoms with Gasteiger partial charge in [0.05, 0.1) is 7.11 Å². The molecule has 24 heavy (non-hydrogen) atoms. The lowest BCUT2D eigenvalue weighted by atomic mass is 10.1. The van der Waals surface area contributed by atoms with E-state index in [1.807, 2.05) is 31.2 Å². The first-order valence-corrected chi connectivity index (χ1v) is 7.95. The summed E-state index contributed by atoms with van der Waals surface area (Å²) >= 11 is 0. The molecule has 1 aromatic rings. The molecule has 0 aromatic heterocycles. The van der Waals surface area contributed by atoms with Crippen molar-refractivity contribution in [2.75, 3.05) is 20.2 Å². The molecule has 0 unspecified atom stereocenters. The zero-order valence-corrected chi connectivity index (χ0v) is 14.0. The third-order valence-corrected chi connectivity index (χ3v) is 3.89. The van der Waals surface area contributed by atoms with Crippen LogP contribution in [0.25, 0.3) is 5.57 Å². The zero-order valence-electron chi connectivity index (χ0n) is 14.0. The summed E-state index contributed by atoms with van der Waals surface area (Å²) < 4.78 is 5.28. The summed E-state index contributed by atoms with van der Waals surface area (Å²) in [5.41, 5.74) is 1.67. The molecule has 3 amide bonds. The number of methoxy groups -OCH3 is 1. The van der Waals surface area contributed by atoms with Gasteiger partial charge in [0, 0.05) is 37.6 Å². The number of likely N-dealkylation sites (tertiary alicyclic amines) is 1. The van der Waals surface area contributed by atoms with Gasteiger partial charge >= 0.3 is 0 Å². The second-order valence-electron chi connectivity index (χ2n) is 5.61. The van der Waals surface area contributed by atoms with Crippen LogP contribution in [-0.4, -0.2) is 42.8 Å². The Morgan fingerprint density at radius 1 is 1.25 bits per heavy atom. The largest absolute Gasteiger partial charge is 0.496 e. The maximum atomic E-state index is 12.0. The van der Waals surface area contributed by atoms with E-state index in [9.17, 15) is 14.4 Å². The molecule has 0 saturated carbocycles. The number of allylic oxidation sites excluding steroid dienone is 1. The van der Waals surface area contributed by atoms with E-state index in [1.165, 1.54) is 11.0 Å². The normalized spacial score (nSPS) is 14.9. The molecular formula is C18H22N2O4. The molecule has 1 aliphatic heterocycles. The zero-order chi connectivity index (χ0) is 17.5. The highest BCUT2D eigenvalue weighted by molar-refractivity contribution is 6.01. The summed E-state index contributed by atoms with van der Waals surface area (Å²) in [4.78, 5) is 36.2. The Bertz CT molecular complexity index is 651. The first-order chi connectivity index (χ1) is 11.5. The van der Waals surface area contributed by atoms with E-state index < -0.39 is 0 Å². The summed E-state index contributed by atoms with van der Waals surface area (Å²) in [7, 11) is 1.59. The third-order valence-electron chi connectivity index (χ3n) is 3.89. The fourth-order valence-electron chi connectivity index (χ4n) is 2.62. The molecule has 128 valence electrons. The number of rotatable bonds is 7. The van der Waals surface area contributed by atoms with Crippen LogP contribution < -0.4 is 10.1 Å². The predicted molar refractivity (Wildman–Crippen MR) is 90.2 cm³/mol. The minimum absolute atomic E-state index is 0.127. The Labute approximate surface area is 141 Å². The van der Waals surface area contributed by atoms with Gasteiger partial charge in [0.1, 0.15) is 5.75 Å². The first kappa shape index (κ1) is 17.7. The van der Waals surface area contributed by atoms with Crippen LogP contribution >= 0.6 is 0 Å². The van der Waals surface area contributed by atoms with Crippen molar-refractivity contribution in [2.24, 2.45) is 0 Å². The van der Waals surface area contributed by atoms with Crippen LogP contribution in [0, 0.1) is 0 Å². The minimum atomic E-state index is -0.211. The second-order valence-corrected chi connectivity index (χ2v) is 5.61. The van der Waals surface area contributed by atoms with Crippen molar-refractivity contribution in [3.63, 3.8) is 0 Å². The SMILES string of the molecule is COc1ccccc1/C(C)=C/C(=O)NCCCN1C(=O)CCC1=O. The topological polar surface area (TPSA) is 75.7 Å². The maximum absolute atomic E-state index is 12.0. The lowest BCUT2D eigenvalue weighted by Crippen LogP contribution is -2.32. The number of carbonyl (C=O) groups excluding carboxylic acids is 3. The fraction of sp³-hybridized carbons (Fsp3) is 0.389. The highest BCUT2D eigenvalue weighted by Gasteiger charge is 2.27. The molecule has 0 spiro atoms. The van der Waals surface area contributed by atoms with E-state index in [1.54, 1.807) is 7.11 Å². The van der Waals surface area contributed by atoms with Crippen LogP contribution in [0.5, 0.6) is 5.75 Å². The summed E-state index contributed by atoms with van der Waals surface area (Å²) in [5.74, 6) is 0.249. The Balaban J connectivity index is 1.82. The molecule has 1 aromatic carbocycles. The number of nitrogens with one attached hydrogen (secondary N) is 1. The van der Waals surface area contributed by atoms with E-state index in [2.05, 4.69) is 5.32 Å². The standard InChI is InChI=1S/C18H22N2O4/c1-13(14-6-3-4-7-15(14)24-2)12-16(21)19-10-5-11-20-17(22)8-9-18(20)23/h3-4,6-7,12H,5,8-11H2,1-2H3,(H,19,21)/b13-12+. The van der Waals surface area contributed by atoms with Crippen LogP contribution in [0.3, 0.4) is 0 Å². The Kier molecular flexibility index (Phi) is 6.12. The predicted octanol–water partition coefficient (Wildman–Crippen LogP) is 1.75. The van der Waals surface area contributed by atoms with Crippen molar-refractivity contribution in [2.45, 2.75) is 26.2 Å². The summed E-state index contributed by atoms with van der Waals surface area (Å²) in [5, 5.41) is 2.77. The van der Waals surface area contributed by atoms with Crippen LogP contribution in [0.4, 0.5) is 0 Å². The minimum Gasteiger partial charge on any atom is -0.496 e. The van der Waals surface area contributed by atoms with Crippen molar-refractivity contribution >= 4 is 23.3 Å². The van der Waals surface area contributed by atoms with Crippen molar-refractivity contribution in [3.05, 3.63) is 35.9 Å². The summed E-state index contributed by atoms with van der Waals surface area (Å²) in [6.07, 6.45) is 2.66. The maximum Gasteiger partial charge on any atom is 0.244 e. The molecule has 1 aliphatic rings. The molecule has 1 saturated heterocycles. The monoisotopic (exact) mass is 330 g/mol. The molecule has 1 fully saturated rings. The second kappa shape index (κ2) is 8.29. The van der Waals surface area contributed by atoms with E-state index in [-0.39, 0.29) is 17.7 Å². The highest BCUT2D eigenvalue weighted by Crippen LogP contribution is 2.24. The van der Waals surface area contributed by atoms with Gasteiger partial charge in [0.2, 0.25) is 17.7 Å². The number of ether oxygens (including phenoxy) is 1. The molecule has 6 nitrogen and oxygen atoms in total. The molecule has 1 N–H and O–H groups in total. The number of hydrogen-bond acceptors (Lipinski definition) is 4. The van der Waals surface area contributed by atoms with E-state index >= 15 is 0 Å². The molecule has 2 rings (SSSR count). The van der Waals surface area contributed by atoms with E-state index in [4.69, 9.17) is 4.74 Å². The number of amides is 3. The van der Waals surface area contributed by atoms with Gasteiger partial charge in [0.15, 0.2) is 0 Å². The third kappa shape index (κ3) is 4.44. The highest BCUT2D eigenvalue weighted by atomic mass is 16.5. The quantitative estimate of drug-likeness (QED) is 0.469. The molecule has 1 heterocycles. The van der Waals surface area contributed by atoms with Crippen LogP contribution in [0.15, 0.2) is 30.3 Å².